The van der Waals surface area contributed by atoms with Crippen LogP contribution in [0.4, 0.5) is 0 Å². The Kier molecular flexibility index (Phi) is 10.5. The van der Waals surface area contributed by atoms with Gasteiger partial charge in [0.2, 0.25) is 0 Å². The molecule has 0 aliphatic heterocycles. The predicted molar refractivity (Wildman–Crippen MR) is 116 cm³/mol. The zero-order valence-corrected chi connectivity index (χ0v) is 18.1. The standard InChI is InChI=1S/C22H29Cl2NO3/c1-3-4-10-27-11-6-9-25-15-18-13-20(24)22(21(14-18)26-2)28-16-17-7-5-8-19(23)12-17/h5,7-8,12-14,25H,3-4,6,9-11,15-16H2,1-2H3. The van der Waals surface area contributed by atoms with E-state index in [0.717, 1.165) is 43.7 Å². The summed E-state index contributed by atoms with van der Waals surface area (Å²) in [6, 6.07) is 11.4. The van der Waals surface area contributed by atoms with Crippen LogP contribution in [0.1, 0.15) is 37.3 Å². The third-order valence-electron chi connectivity index (χ3n) is 4.18. The molecule has 0 aliphatic rings. The molecule has 2 rings (SSSR count). The molecule has 2 aromatic carbocycles. The number of unbranched alkanes of at least 4 members (excludes halogenated alkanes) is 1. The van der Waals surface area contributed by atoms with Crippen LogP contribution < -0.4 is 14.8 Å². The fourth-order valence-corrected chi connectivity index (χ4v) is 3.18. The SMILES string of the molecule is CCCCOCCCNCc1cc(Cl)c(OCc2cccc(Cl)c2)c(OC)c1. The number of hydrogen-bond acceptors (Lipinski definition) is 4. The predicted octanol–water partition coefficient (Wildman–Crippen LogP) is 5.88. The molecular formula is C22H29Cl2NO3. The van der Waals surface area contributed by atoms with Crippen molar-refractivity contribution in [1.29, 1.82) is 0 Å². The van der Waals surface area contributed by atoms with Crippen LogP contribution in [0.2, 0.25) is 10.0 Å². The fourth-order valence-electron chi connectivity index (χ4n) is 2.68. The van der Waals surface area contributed by atoms with Crippen molar-refractivity contribution in [2.75, 3.05) is 26.9 Å². The lowest BCUT2D eigenvalue weighted by atomic mass is 10.2. The van der Waals surface area contributed by atoms with Gasteiger partial charge in [-0.15, -0.1) is 0 Å². The van der Waals surface area contributed by atoms with E-state index in [1.54, 1.807) is 7.11 Å². The minimum atomic E-state index is 0.367. The highest BCUT2D eigenvalue weighted by molar-refractivity contribution is 6.32. The minimum Gasteiger partial charge on any atom is -0.493 e. The molecule has 0 unspecified atom stereocenters. The van der Waals surface area contributed by atoms with Gasteiger partial charge in [-0.05, 0) is 54.8 Å². The van der Waals surface area contributed by atoms with Gasteiger partial charge in [0, 0.05) is 24.8 Å². The summed E-state index contributed by atoms with van der Waals surface area (Å²) < 4.78 is 16.9. The minimum absolute atomic E-state index is 0.367. The van der Waals surface area contributed by atoms with E-state index in [1.807, 2.05) is 36.4 Å². The van der Waals surface area contributed by atoms with E-state index < -0.39 is 0 Å². The number of halogens is 2. The molecule has 0 aromatic heterocycles. The summed E-state index contributed by atoms with van der Waals surface area (Å²) in [7, 11) is 1.61. The Balaban J connectivity index is 1.84. The smallest absolute Gasteiger partial charge is 0.180 e. The number of hydrogen-bond donors (Lipinski definition) is 1. The Morgan fingerprint density at radius 1 is 1.00 bits per heavy atom. The lowest BCUT2D eigenvalue weighted by Crippen LogP contribution is -2.16. The van der Waals surface area contributed by atoms with Gasteiger partial charge in [-0.2, -0.15) is 0 Å². The molecule has 6 heteroatoms. The second-order valence-electron chi connectivity index (χ2n) is 6.52. The molecular weight excluding hydrogens is 397 g/mol. The third-order valence-corrected chi connectivity index (χ3v) is 4.69. The van der Waals surface area contributed by atoms with E-state index in [9.17, 15) is 0 Å². The maximum Gasteiger partial charge on any atom is 0.180 e. The molecule has 0 fully saturated rings. The number of ether oxygens (including phenoxy) is 3. The Morgan fingerprint density at radius 3 is 2.57 bits per heavy atom. The summed E-state index contributed by atoms with van der Waals surface area (Å²) in [5.74, 6) is 1.16. The van der Waals surface area contributed by atoms with Gasteiger partial charge >= 0.3 is 0 Å². The van der Waals surface area contributed by atoms with Crippen LogP contribution in [0, 0.1) is 0 Å². The molecule has 0 aliphatic carbocycles. The molecule has 0 heterocycles. The van der Waals surface area contributed by atoms with Crippen molar-refractivity contribution in [2.24, 2.45) is 0 Å². The van der Waals surface area contributed by atoms with Crippen molar-refractivity contribution in [3.63, 3.8) is 0 Å². The van der Waals surface area contributed by atoms with Gasteiger partial charge in [0.25, 0.3) is 0 Å². The number of methoxy groups -OCH3 is 1. The first-order chi connectivity index (χ1) is 13.6. The second kappa shape index (κ2) is 12.9. The molecule has 0 amide bonds. The second-order valence-corrected chi connectivity index (χ2v) is 7.37. The summed E-state index contributed by atoms with van der Waals surface area (Å²) in [4.78, 5) is 0. The van der Waals surface area contributed by atoms with Crippen molar-refractivity contribution >= 4 is 23.2 Å². The third kappa shape index (κ3) is 7.88. The summed E-state index contributed by atoms with van der Waals surface area (Å²) >= 11 is 12.5. The molecule has 0 saturated carbocycles. The van der Waals surface area contributed by atoms with Gasteiger partial charge in [-0.1, -0.05) is 48.7 Å². The van der Waals surface area contributed by atoms with Gasteiger partial charge < -0.3 is 19.5 Å². The average molecular weight is 426 g/mol. The fraction of sp³-hybridized carbons (Fsp3) is 0.455. The van der Waals surface area contributed by atoms with Crippen molar-refractivity contribution in [3.05, 3.63) is 57.6 Å². The monoisotopic (exact) mass is 425 g/mol. The molecule has 4 nitrogen and oxygen atoms in total. The Hall–Kier alpha value is -1.46. The molecule has 28 heavy (non-hydrogen) atoms. The highest BCUT2D eigenvalue weighted by Crippen LogP contribution is 2.37. The first kappa shape index (κ1) is 22.8. The van der Waals surface area contributed by atoms with Gasteiger partial charge in [-0.25, -0.2) is 0 Å². The molecule has 0 spiro atoms. The molecule has 154 valence electrons. The quantitative estimate of drug-likeness (QED) is 0.406. The van der Waals surface area contributed by atoms with Crippen molar-refractivity contribution in [2.45, 2.75) is 39.3 Å². The Bertz CT molecular complexity index is 725. The summed E-state index contributed by atoms with van der Waals surface area (Å²) in [6.45, 7) is 5.76. The lowest BCUT2D eigenvalue weighted by Gasteiger charge is -2.15. The number of rotatable bonds is 13. The Morgan fingerprint density at radius 2 is 1.82 bits per heavy atom. The Labute approximate surface area is 178 Å². The van der Waals surface area contributed by atoms with E-state index in [2.05, 4.69) is 12.2 Å². The average Bonchev–Trinajstić information content (AvgIpc) is 2.69. The van der Waals surface area contributed by atoms with Crippen LogP contribution in [0.3, 0.4) is 0 Å². The molecule has 0 saturated heterocycles. The molecule has 0 bridgehead atoms. The summed E-state index contributed by atoms with van der Waals surface area (Å²) in [6.07, 6.45) is 3.27. The topological polar surface area (TPSA) is 39.7 Å². The van der Waals surface area contributed by atoms with E-state index in [4.69, 9.17) is 37.4 Å². The molecule has 2 aromatic rings. The zero-order chi connectivity index (χ0) is 20.2. The van der Waals surface area contributed by atoms with E-state index in [0.29, 0.717) is 34.7 Å². The maximum atomic E-state index is 6.44. The van der Waals surface area contributed by atoms with Gasteiger partial charge in [0.1, 0.15) is 6.61 Å². The normalized spacial score (nSPS) is 10.9. The van der Waals surface area contributed by atoms with Gasteiger partial charge in [0.15, 0.2) is 11.5 Å². The van der Waals surface area contributed by atoms with Crippen LogP contribution in [-0.4, -0.2) is 26.9 Å². The number of benzene rings is 2. The number of nitrogens with one attached hydrogen (secondary N) is 1. The van der Waals surface area contributed by atoms with Crippen LogP contribution in [-0.2, 0) is 17.9 Å². The largest absolute Gasteiger partial charge is 0.493 e. The first-order valence-corrected chi connectivity index (χ1v) is 10.4. The van der Waals surface area contributed by atoms with Gasteiger partial charge in [0.05, 0.1) is 12.1 Å². The summed E-state index contributed by atoms with van der Waals surface area (Å²) in [5, 5.41) is 4.61. The van der Waals surface area contributed by atoms with Crippen LogP contribution in [0.5, 0.6) is 11.5 Å². The lowest BCUT2D eigenvalue weighted by molar-refractivity contribution is 0.129. The highest BCUT2D eigenvalue weighted by atomic mass is 35.5. The first-order valence-electron chi connectivity index (χ1n) is 9.66. The molecule has 0 radical (unpaired) electrons. The van der Waals surface area contributed by atoms with Crippen LogP contribution >= 0.6 is 23.2 Å². The van der Waals surface area contributed by atoms with Crippen molar-refractivity contribution in [1.82, 2.24) is 5.32 Å². The van der Waals surface area contributed by atoms with E-state index in [1.165, 1.54) is 6.42 Å². The summed E-state index contributed by atoms with van der Waals surface area (Å²) in [5.41, 5.74) is 2.02. The maximum absolute atomic E-state index is 6.44. The highest BCUT2D eigenvalue weighted by Gasteiger charge is 2.12. The van der Waals surface area contributed by atoms with Gasteiger partial charge in [-0.3, -0.25) is 0 Å². The molecule has 1 N–H and O–H groups in total. The van der Waals surface area contributed by atoms with Crippen LogP contribution in [0.25, 0.3) is 0 Å². The van der Waals surface area contributed by atoms with Crippen LogP contribution in [0.15, 0.2) is 36.4 Å². The zero-order valence-electron chi connectivity index (χ0n) is 16.6. The van der Waals surface area contributed by atoms with E-state index in [-0.39, 0.29) is 0 Å². The van der Waals surface area contributed by atoms with E-state index >= 15 is 0 Å². The van der Waals surface area contributed by atoms with Crippen molar-refractivity contribution < 1.29 is 14.2 Å². The molecule has 0 atom stereocenters. The van der Waals surface area contributed by atoms with Crippen molar-refractivity contribution in [3.8, 4) is 11.5 Å².